The normalized spacial score (nSPS) is 16.1. The van der Waals surface area contributed by atoms with Gasteiger partial charge in [0.05, 0.1) is 32.5 Å². The first-order valence-corrected chi connectivity index (χ1v) is 10.6. The molecule has 1 aliphatic heterocycles. The Morgan fingerprint density at radius 3 is 2.52 bits per heavy atom. The summed E-state index contributed by atoms with van der Waals surface area (Å²) < 4.78 is 16.4. The van der Waals surface area contributed by atoms with Crippen LogP contribution in [0.1, 0.15) is 39.2 Å². The zero-order valence-corrected chi connectivity index (χ0v) is 18.6. The van der Waals surface area contributed by atoms with Crippen molar-refractivity contribution in [3.8, 4) is 6.07 Å². The largest absolute Gasteiger partial charge is 0.436 e. The predicted molar refractivity (Wildman–Crippen MR) is 115 cm³/mol. The van der Waals surface area contributed by atoms with Gasteiger partial charge in [0, 0.05) is 13.1 Å². The lowest BCUT2D eigenvalue weighted by atomic mass is 9.89. The first-order valence-electron chi connectivity index (χ1n) is 10.6. The number of carbonyl (C=O) groups excluding carboxylic acids is 2. The molecule has 1 fully saturated rings. The van der Waals surface area contributed by atoms with Crippen molar-refractivity contribution in [1.82, 2.24) is 10.2 Å². The number of nitrogens with one attached hydrogen (secondary N) is 1. The summed E-state index contributed by atoms with van der Waals surface area (Å²) in [5.41, 5.74) is 0.949. The predicted octanol–water partition coefficient (Wildman–Crippen LogP) is 2.88. The van der Waals surface area contributed by atoms with E-state index < -0.39 is 24.1 Å². The maximum Gasteiger partial charge on any atom is 0.410 e. The Morgan fingerprint density at radius 2 is 1.90 bits per heavy atom. The number of amides is 2. The van der Waals surface area contributed by atoms with Gasteiger partial charge in [-0.15, -0.1) is 0 Å². The van der Waals surface area contributed by atoms with Crippen LogP contribution in [-0.2, 0) is 25.6 Å². The van der Waals surface area contributed by atoms with Gasteiger partial charge in [-0.05, 0) is 23.8 Å². The van der Waals surface area contributed by atoms with Crippen molar-refractivity contribution in [3.63, 3.8) is 0 Å². The number of ether oxygens (including phenoxy) is 3. The summed E-state index contributed by atoms with van der Waals surface area (Å²) in [5.74, 6) is -0.485. The molecule has 1 aliphatic rings. The van der Waals surface area contributed by atoms with Gasteiger partial charge < -0.3 is 24.4 Å². The Labute approximate surface area is 184 Å². The SMILES string of the molecule is CC(C)(C)CC[C@H](OC(=O)N1CCOCC1)C(=O)N[C@H](C#N)COCc1ccccc1. The van der Waals surface area contributed by atoms with Crippen LogP contribution in [0.15, 0.2) is 30.3 Å². The van der Waals surface area contributed by atoms with Crippen LogP contribution in [-0.4, -0.2) is 62.0 Å². The summed E-state index contributed by atoms with van der Waals surface area (Å²) in [6.07, 6.45) is -0.455. The Morgan fingerprint density at radius 1 is 1.23 bits per heavy atom. The number of carbonyl (C=O) groups is 2. The third-order valence-electron chi connectivity index (χ3n) is 4.83. The van der Waals surface area contributed by atoms with E-state index in [2.05, 4.69) is 26.1 Å². The molecule has 2 amide bonds. The van der Waals surface area contributed by atoms with Crippen molar-refractivity contribution in [2.45, 2.75) is 52.4 Å². The summed E-state index contributed by atoms with van der Waals surface area (Å²) in [6.45, 7) is 8.31. The fraction of sp³-hybridized carbons (Fsp3) is 0.609. The molecular weight excluding hydrogens is 398 g/mol. The highest BCUT2D eigenvalue weighted by atomic mass is 16.6. The second-order valence-electron chi connectivity index (χ2n) is 8.76. The van der Waals surface area contributed by atoms with Crippen LogP contribution in [0.3, 0.4) is 0 Å². The van der Waals surface area contributed by atoms with Gasteiger partial charge in [-0.3, -0.25) is 4.79 Å². The van der Waals surface area contributed by atoms with Gasteiger partial charge in [0.25, 0.3) is 5.91 Å². The Bertz CT molecular complexity index is 736. The van der Waals surface area contributed by atoms with E-state index in [0.717, 1.165) is 5.56 Å². The van der Waals surface area contributed by atoms with Crippen molar-refractivity contribution in [3.05, 3.63) is 35.9 Å². The van der Waals surface area contributed by atoms with E-state index in [1.54, 1.807) is 0 Å². The Hall–Kier alpha value is -2.63. The molecule has 0 unspecified atom stereocenters. The number of hydrogen-bond donors (Lipinski definition) is 1. The van der Waals surface area contributed by atoms with Gasteiger partial charge in [0.1, 0.15) is 6.04 Å². The second-order valence-corrected chi connectivity index (χ2v) is 8.76. The van der Waals surface area contributed by atoms with Crippen molar-refractivity contribution >= 4 is 12.0 Å². The molecule has 0 aromatic heterocycles. The van der Waals surface area contributed by atoms with E-state index in [4.69, 9.17) is 14.2 Å². The highest BCUT2D eigenvalue weighted by Gasteiger charge is 2.29. The van der Waals surface area contributed by atoms with Gasteiger partial charge in [0.2, 0.25) is 0 Å². The van der Waals surface area contributed by atoms with E-state index >= 15 is 0 Å². The maximum atomic E-state index is 12.8. The summed E-state index contributed by atoms with van der Waals surface area (Å²) in [7, 11) is 0. The number of hydrogen-bond acceptors (Lipinski definition) is 6. The molecule has 0 saturated carbocycles. The molecule has 0 spiro atoms. The minimum absolute atomic E-state index is 0.0304. The molecular formula is C23H33N3O5. The quantitative estimate of drug-likeness (QED) is 0.645. The van der Waals surface area contributed by atoms with E-state index in [1.165, 1.54) is 4.90 Å². The molecule has 1 aromatic rings. The van der Waals surface area contributed by atoms with Crippen LogP contribution >= 0.6 is 0 Å². The second kappa shape index (κ2) is 12.3. The molecule has 1 heterocycles. The standard InChI is InChI=1S/C23H33N3O5/c1-23(2,3)10-9-20(31-22(28)26-11-13-29-14-12-26)21(27)25-19(15-24)17-30-16-18-7-5-4-6-8-18/h4-8,19-20H,9-14,16-17H2,1-3H3,(H,25,27)/t19-,20+/m1/s1. The first kappa shape index (κ1) is 24.6. The van der Waals surface area contributed by atoms with Crippen LogP contribution in [0.5, 0.6) is 0 Å². The van der Waals surface area contributed by atoms with Gasteiger partial charge in [-0.25, -0.2) is 4.79 Å². The van der Waals surface area contributed by atoms with Gasteiger partial charge >= 0.3 is 6.09 Å². The Balaban J connectivity index is 1.92. The molecule has 8 nitrogen and oxygen atoms in total. The average Bonchev–Trinajstić information content (AvgIpc) is 2.76. The minimum Gasteiger partial charge on any atom is -0.436 e. The van der Waals surface area contributed by atoms with Crippen LogP contribution in [0, 0.1) is 16.7 Å². The molecule has 1 aromatic carbocycles. The third kappa shape index (κ3) is 9.37. The molecule has 0 bridgehead atoms. The third-order valence-corrected chi connectivity index (χ3v) is 4.83. The number of morpholine rings is 1. The molecule has 170 valence electrons. The van der Waals surface area contributed by atoms with E-state index in [9.17, 15) is 14.9 Å². The van der Waals surface area contributed by atoms with Crippen LogP contribution in [0.2, 0.25) is 0 Å². The zero-order chi connectivity index (χ0) is 22.7. The van der Waals surface area contributed by atoms with Crippen molar-refractivity contribution in [2.24, 2.45) is 5.41 Å². The topological polar surface area (TPSA) is 101 Å². The van der Waals surface area contributed by atoms with Gasteiger partial charge in [-0.2, -0.15) is 5.26 Å². The molecule has 0 aliphatic carbocycles. The molecule has 1 N–H and O–H groups in total. The summed E-state index contributed by atoms with van der Waals surface area (Å²) in [4.78, 5) is 26.9. The lowest BCUT2D eigenvalue weighted by Gasteiger charge is -2.29. The fourth-order valence-corrected chi connectivity index (χ4v) is 2.99. The summed E-state index contributed by atoms with van der Waals surface area (Å²) in [5, 5.41) is 12.1. The average molecular weight is 432 g/mol. The van der Waals surface area contributed by atoms with E-state index in [1.807, 2.05) is 36.4 Å². The smallest absolute Gasteiger partial charge is 0.410 e. The van der Waals surface area contributed by atoms with Gasteiger partial charge in [-0.1, -0.05) is 51.1 Å². The fourth-order valence-electron chi connectivity index (χ4n) is 2.99. The number of benzene rings is 1. The van der Waals surface area contributed by atoms with Gasteiger partial charge in [0.15, 0.2) is 6.10 Å². The molecule has 2 atom stereocenters. The van der Waals surface area contributed by atoms with Crippen LogP contribution in [0.25, 0.3) is 0 Å². The minimum atomic E-state index is -0.973. The molecule has 8 heteroatoms. The molecule has 2 rings (SSSR count). The van der Waals surface area contributed by atoms with E-state index in [-0.39, 0.29) is 12.0 Å². The number of rotatable bonds is 9. The monoisotopic (exact) mass is 431 g/mol. The zero-order valence-electron chi connectivity index (χ0n) is 18.6. The highest BCUT2D eigenvalue weighted by molar-refractivity contribution is 5.84. The summed E-state index contributed by atoms with van der Waals surface area (Å²) in [6, 6.07) is 10.8. The van der Waals surface area contributed by atoms with Crippen molar-refractivity contribution < 1.29 is 23.8 Å². The maximum absolute atomic E-state index is 12.8. The number of nitrogens with zero attached hydrogens (tertiary/aromatic N) is 2. The summed E-state index contributed by atoms with van der Waals surface area (Å²) >= 11 is 0. The van der Waals surface area contributed by atoms with Crippen molar-refractivity contribution in [1.29, 1.82) is 5.26 Å². The lowest BCUT2D eigenvalue weighted by molar-refractivity contribution is -0.131. The Kier molecular flexibility index (Phi) is 9.76. The van der Waals surface area contributed by atoms with E-state index in [0.29, 0.717) is 45.8 Å². The number of nitriles is 1. The first-order chi connectivity index (χ1) is 14.8. The van der Waals surface area contributed by atoms with Crippen molar-refractivity contribution in [2.75, 3.05) is 32.9 Å². The van der Waals surface area contributed by atoms with Crippen LogP contribution < -0.4 is 5.32 Å². The lowest BCUT2D eigenvalue weighted by Crippen LogP contribution is -2.48. The highest BCUT2D eigenvalue weighted by Crippen LogP contribution is 2.23. The molecule has 0 radical (unpaired) electrons. The molecule has 31 heavy (non-hydrogen) atoms. The molecule has 1 saturated heterocycles. The van der Waals surface area contributed by atoms with Crippen LogP contribution in [0.4, 0.5) is 4.79 Å².